The summed E-state index contributed by atoms with van der Waals surface area (Å²) in [4.78, 5) is 12.0. The lowest BCUT2D eigenvalue weighted by atomic mass is 10.2. The van der Waals surface area contributed by atoms with Crippen molar-refractivity contribution in [3.8, 4) is 0 Å². The number of carbonyl (C=O) groups excluding carboxylic acids is 1. The summed E-state index contributed by atoms with van der Waals surface area (Å²) in [5, 5.41) is 3.44. The molecule has 0 saturated carbocycles. The highest BCUT2D eigenvalue weighted by molar-refractivity contribution is 7.89. The van der Waals surface area contributed by atoms with Gasteiger partial charge < -0.3 is 5.32 Å². The van der Waals surface area contributed by atoms with Crippen LogP contribution in [0.15, 0.2) is 53.4 Å². The Kier molecular flexibility index (Phi) is 7.23. The van der Waals surface area contributed by atoms with Crippen molar-refractivity contribution in [3.63, 3.8) is 0 Å². The molecular formula is C18H18Cl2N2O3S. The molecule has 0 radical (unpaired) electrons. The third kappa shape index (κ3) is 6.14. The maximum atomic E-state index is 12.1. The van der Waals surface area contributed by atoms with Crippen molar-refractivity contribution in [2.24, 2.45) is 0 Å². The number of benzene rings is 2. The molecule has 0 aliphatic rings. The topological polar surface area (TPSA) is 75.3 Å². The van der Waals surface area contributed by atoms with Crippen LogP contribution < -0.4 is 10.0 Å². The molecule has 0 bridgehead atoms. The monoisotopic (exact) mass is 412 g/mol. The van der Waals surface area contributed by atoms with Gasteiger partial charge in [-0.3, -0.25) is 4.79 Å². The Hall–Kier alpha value is -1.86. The lowest BCUT2D eigenvalue weighted by molar-refractivity contribution is -0.116. The Morgan fingerprint density at radius 3 is 2.38 bits per heavy atom. The normalized spacial score (nSPS) is 11.7. The van der Waals surface area contributed by atoms with Crippen LogP contribution in [0.4, 0.5) is 0 Å². The van der Waals surface area contributed by atoms with E-state index in [9.17, 15) is 13.2 Å². The molecular weight excluding hydrogens is 395 g/mol. The molecule has 26 heavy (non-hydrogen) atoms. The second kappa shape index (κ2) is 9.19. The molecule has 5 nitrogen and oxygen atoms in total. The van der Waals surface area contributed by atoms with Crippen molar-refractivity contribution in [1.82, 2.24) is 10.0 Å². The molecule has 2 rings (SSSR count). The quantitative estimate of drug-likeness (QED) is 0.540. The zero-order chi connectivity index (χ0) is 19.2. The van der Waals surface area contributed by atoms with Crippen LogP contribution in [0.5, 0.6) is 0 Å². The average molecular weight is 413 g/mol. The van der Waals surface area contributed by atoms with Gasteiger partial charge in [0.25, 0.3) is 0 Å². The van der Waals surface area contributed by atoms with Gasteiger partial charge in [-0.15, -0.1) is 0 Å². The van der Waals surface area contributed by atoms with E-state index in [1.54, 1.807) is 36.4 Å². The highest BCUT2D eigenvalue weighted by atomic mass is 35.5. The van der Waals surface area contributed by atoms with Crippen LogP contribution in [0, 0.1) is 6.92 Å². The molecule has 0 spiro atoms. The predicted molar refractivity (Wildman–Crippen MR) is 105 cm³/mol. The first-order chi connectivity index (χ1) is 12.3. The van der Waals surface area contributed by atoms with Crippen molar-refractivity contribution in [3.05, 3.63) is 69.7 Å². The molecule has 0 unspecified atom stereocenters. The standard InChI is InChI=1S/C18H18Cl2N2O3S/c1-13-2-6-15(7-3-13)26(24,25)22-11-10-21-18(23)9-5-14-4-8-16(19)17(20)12-14/h2-9,12,22H,10-11H2,1H3,(H,21,23). The van der Waals surface area contributed by atoms with E-state index in [0.717, 1.165) is 11.1 Å². The Morgan fingerprint density at radius 2 is 1.73 bits per heavy atom. The zero-order valence-corrected chi connectivity index (χ0v) is 16.3. The van der Waals surface area contributed by atoms with Crippen molar-refractivity contribution >= 4 is 45.2 Å². The van der Waals surface area contributed by atoms with Crippen LogP contribution in [0.2, 0.25) is 10.0 Å². The largest absolute Gasteiger partial charge is 0.351 e. The van der Waals surface area contributed by atoms with Crippen molar-refractivity contribution in [1.29, 1.82) is 0 Å². The summed E-state index contributed by atoms with van der Waals surface area (Å²) in [6, 6.07) is 11.5. The Balaban J connectivity index is 1.80. The van der Waals surface area contributed by atoms with E-state index in [4.69, 9.17) is 23.2 Å². The van der Waals surface area contributed by atoms with E-state index in [1.165, 1.54) is 18.2 Å². The maximum absolute atomic E-state index is 12.1. The second-order valence-electron chi connectivity index (χ2n) is 5.51. The van der Waals surface area contributed by atoms with E-state index in [1.807, 2.05) is 6.92 Å². The molecule has 1 amide bonds. The van der Waals surface area contributed by atoms with Crippen molar-refractivity contribution in [2.45, 2.75) is 11.8 Å². The summed E-state index contributed by atoms with van der Waals surface area (Å²) in [6.07, 6.45) is 2.93. The van der Waals surface area contributed by atoms with Gasteiger partial charge in [-0.2, -0.15) is 0 Å². The number of carbonyl (C=O) groups is 1. The highest BCUT2D eigenvalue weighted by Gasteiger charge is 2.12. The van der Waals surface area contributed by atoms with Crippen molar-refractivity contribution < 1.29 is 13.2 Å². The summed E-state index contributed by atoms with van der Waals surface area (Å²) in [7, 11) is -3.59. The first kappa shape index (κ1) is 20.5. The minimum Gasteiger partial charge on any atom is -0.351 e. The fraction of sp³-hybridized carbons (Fsp3) is 0.167. The second-order valence-corrected chi connectivity index (χ2v) is 8.09. The Labute approximate surface area is 163 Å². The summed E-state index contributed by atoms with van der Waals surface area (Å²) >= 11 is 11.7. The van der Waals surface area contributed by atoms with Crippen LogP contribution in [0.3, 0.4) is 0 Å². The molecule has 2 aromatic rings. The first-order valence-corrected chi connectivity index (χ1v) is 9.99. The molecule has 0 aromatic heterocycles. The van der Waals surface area contributed by atoms with E-state index >= 15 is 0 Å². The number of sulfonamides is 1. The molecule has 138 valence electrons. The smallest absolute Gasteiger partial charge is 0.244 e. The predicted octanol–water partition coefficient (Wildman–Crippen LogP) is 3.41. The van der Waals surface area contributed by atoms with Gasteiger partial charge in [0.15, 0.2) is 0 Å². The minimum absolute atomic E-state index is 0.0859. The Bertz CT molecular complexity index is 911. The van der Waals surface area contributed by atoms with E-state index < -0.39 is 10.0 Å². The average Bonchev–Trinajstić information content (AvgIpc) is 2.60. The van der Waals surface area contributed by atoms with Gasteiger partial charge in [0.1, 0.15) is 0 Å². The molecule has 0 saturated heterocycles. The molecule has 0 atom stereocenters. The maximum Gasteiger partial charge on any atom is 0.244 e. The lowest BCUT2D eigenvalue weighted by Crippen LogP contribution is -2.34. The van der Waals surface area contributed by atoms with Crippen LogP contribution in [-0.2, 0) is 14.8 Å². The molecule has 0 heterocycles. The number of halogens is 2. The number of aryl methyl sites for hydroxylation is 1. The van der Waals surface area contributed by atoms with E-state index in [2.05, 4.69) is 10.0 Å². The zero-order valence-electron chi connectivity index (χ0n) is 14.0. The third-order valence-corrected chi connectivity index (χ3v) is 5.63. The van der Waals surface area contributed by atoms with Crippen LogP contribution >= 0.6 is 23.2 Å². The summed E-state index contributed by atoms with van der Waals surface area (Å²) in [6.45, 7) is 2.13. The SMILES string of the molecule is Cc1ccc(S(=O)(=O)NCCNC(=O)C=Cc2ccc(Cl)c(Cl)c2)cc1. The molecule has 0 aliphatic carbocycles. The number of amides is 1. The highest BCUT2D eigenvalue weighted by Crippen LogP contribution is 2.23. The third-order valence-electron chi connectivity index (χ3n) is 3.42. The van der Waals surface area contributed by atoms with Gasteiger partial charge in [0.2, 0.25) is 15.9 Å². The van der Waals surface area contributed by atoms with Gasteiger partial charge in [-0.1, -0.05) is 47.0 Å². The number of hydrogen-bond donors (Lipinski definition) is 2. The molecule has 2 aromatic carbocycles. The van der Waals surface area contributed by atoms with Crippen molar-refractivity contribution in [2.75, 3.05) is 13.1 Å². The first-order valence-electron chi connectivity index (χ1n) is 7.75. The van der Waals surface area contributed by atoms with E-state index in [0.29, 0.717) is 10.0 Å². The van der Waals surface area contributed by atoms with Gasteiger partial charge in [0.05, 0.1) is 14.9 Å². The van der Waals surface area contributed by atoms with E-state index in [-0.39, 0.29) is 23.9 Å². The molecule has 0 fully saturated rings. The molecule has 0 aliphatic heterocycles. The summed E-state index contributed by atoms with van der Waals surface area (Å²) in [5.74, 6) is -0.342. The van der Waals surface area contributed by atoms with Gasteiger partial charge >= 0.3 is 0 Å². The van der Waals surface area contributed by atoms with Gasteiger partial charge in [-0.25, -0.2) is 13.1 Å². The lowest BCUT2D eigenvalue weighted by Gasteiger charge is -2.07. The summed E-state index contributed by atoms with van der Waals surface area (Å²) < 4.78 is 26.6. The minimum atomic E-state index is -3.59. The fourth-order valence-electron chi connectivity index (χ4n) is 2.02. The molecule has 8 heteroatoms. The molecule has 2 N–H and O–H groups in total. The van der Waals surface area contributed by atoms with Crippen LogP contribution in [0.1, 0.15) is 11.1 Å². The number of hydrogen-bond acceptors (Lipinski definition) is 3. The fourth-order valence-corrected chi connectivity index (χ4v) is 3.36. The Morgan fingerprint density at radius 1 is 1.04 bits per heavy atom. The van der Waals surface area contributed by atoms with Gasteiger partial charge in [0, 0.05) is 19.2 Å². The number of nitrogens with one attached hydrogen (secondary N) is 2. The van der Waals surface area contributed by atoms with Crippen LogP contribution in [0.25, 0.3) is 6.08 Å². The van der Waals surface area contributed by atoms with Crippen LogP contribution in [-0.4, -0.2) is 27.4 Å². The van der Waals surface area contributed by atoms with Gasteiger partial charge in [-0.05, 0) is 42.8 Å². The number of rotatable bonds is 7. The summed E-state index contributed by atoms with van der Waals surface area (Å²) in [5.41, 5.74) is 1.71.